The van der Waals surface area contributed by atoms with Gasteiger partial charge in [-0.15, -0.1) is 0 Å². The number of nitrogens with zero attached hydrogens (tertiary/aromatic N) is 2. The zero-order chi connectivity index (χ0) is 14.2. The minimum absolute atomic E-state index is 0.401. The van der Waals surface area contributed by atoms with Crippen molar-refractivity contribution in [3.05, 3.63) is 10.7 Å². The second-order valence-electron chi connectivity index (χ2n) is 6.95. The van der Waals surface area contributed by atoms with Crippen molar-refractivity contribution in [3.63, 3.8) is 0 Å². The van der Waals surface area contributed by atoms with Crippen molar-refractivity contribution < 1.29 is 0 Å². The van der Waals surface area contributed by atoms with Gasteiger partial charge in [0.1, 0.15) is 10.8 Å². The predicted octanol–water partition coefficient (Wildman–Crippen LogP) is 4.59. The second kappa shape index (κ2) is 5.35. The summed E-state index contributed by atoms with van der Waals surface area (Å²) in [6.45, 7) is 8.97. The van der Waals surface area contributed by atoms with E-state index in [0.29, 0.717) is 22.3 Å². The molecule has 0 bridgehead atoms. The monoisotopic (exact) mass is 283 g/mol. The fourth-order valence-electron chi connectivity index (χ4n) is 3.22. The number of aromatic nitrogens is 2. The molecule has 0 spiro atoms. The molecule has 19 heavy (non-hydrogen) atoms. The topological polar surface area (TPSA) is 43.8 Å². The quantitative estimate of drug-likeness (QED) is 0.766. The van der Waals surface area contributed by atoms with E-state index in [1.54, 1.807) is 0 Å². The molecule has 1 aliphatic carbocycles. The average molecular weight is 284 g/mol. The Morgan fingerprint density at radius 1 is 1.21 bits per heavy atom. The standard InChI is InChI=1S/C15H26ClN3/c1-10-13(16)14(17)19(18-10)12-7-5-6-11(8-9-12)15(2,3)4/h11-12H,5-9,17H2,1-4H3. The minimum atomic E-state index is 0.401. The number of aryl methyl sites for hydroxylation is 1. The lowest BCUT2D eigenvalue weighted by Gasteiger charge is -2.29. The summed E-state index contributed by atoms with van der Waals surface area (Å²) in [5.41, 5.74) is 7.32. The van der Waals surface area contributed by atoms with Crippen LogP contribution in [0.2, 0.25) is 5.02 Å². The Balaban J connectivity index is 2.13. The van der Waals surface area contributed by atoms with E-state index in [4.69, 9.17) is 17.3 Å². The largest absolute Gasteiger partial charge is 0.383 e. The molecule has 0 saturated heterocycles. The molecular formula is C15H26ClN3. The first-order valence-electron chi connectivity index (χ1n) is 7.30. The zero-order valence-electron chi connectivity index (χ0n) is 12.5. The first-order chi connectivity index (χ1) is 8.80. The molecule has 3 nitrogen and oxygen atoms in total. The highest BCUT2D eigenvalue weighted by Crippen LogP contribution is 2.40. The van der Waals surface area contributed by atoms with E-state index in [1.165, 1.54) is 19.3 Å². The Morgan fingerprint density at radius 3 is 2.42 bits per heavy atom. The minimum Gasteiger partial charge on any atom is -0.383 e. The van der Waals surface area contributed by atoms with Gasteiger partial charge in [-0.1, -0.05) is 38.8 Å². The summed E-state index contributed by atoms with van der Waals surface area (Å²) in [6.07, 6.45) is 6.14. The second-order valence-corrected chi connectivity index (χ2v) is 7.33. The molecule has 4 heteroatoms. The predicted molar refractivity (Wildman–Crippen MR) is 81.5 cm³/mol. The molecule has 0 radical (unpaired) electrons. The van der Waals surface area contributed by atoms with Gasteiger partial charge in [-0.2, -0.15) is 5.10 Å². The van der Waals surface area contributed by atoms with Crippen LogP contribution in [-0.2, 0) is 0 Å². The summed E-state index contributed by atoms with van der Waals surface area (Å²) >= 11 is 6.15. The summed E-state index contributed by atoms with van der Waals surface area (Å²) in [5, 5.41) is 5.14. The molecule has 2 N–H and O–H groups in total. The first kappa shape index (κ1) is 14.7. The third-order valence-corrected chi connectivity index (χ3v) is 5.02. The van der Waals surface area contributed by atoms with Crippen molar-refractivity contribution in [2.24, 2.45) is 11.3 Å². The maximum atomic E-state index is 6.15. The Morgan fingerprint density at radius 2 is 1.89 bits per heavy atom. The highest BCUT2D eigenvalue weighted by molar-refractivity contribution is 6.33. The molecule has 0 amide bonds. The third-order valence-electron chi connectivity index (χ3n) is 4.56. The molecule has 2 rings (SSSR count). The molecule has 1 heterocycles. The van der Waals surface area contributed by atoms with Crippen molar-refractivity contribution in [1.29, 1.82) is 0 Å². The van der Waals surface area contributed by atoms with Gasteiger partial charge in [-0.25, -0.2) is 4.68 Å². The number of hydrogen-bond acceptors (Lipinski definition) is 2. The van der Waals surface area contributed by atoms with Gasteiger partial charge in [-0.05, 0) is 43.9 Å². The highest BCUT2D eigenvalue weighted by atomic mass is 35.5. The van der Waals surface area contributed by atoms with Crippen molar-refractivity contribution in [2.75, 3.05) is 5.73 Å². The summed E-state index contributed by atoms with van der Waals surface area (Å²) in [5.74, 6) is 1.43. The van der Waals surface area contributed by atoms with E-state index in [1.807, 2.05) is 11.6 Å². The van der Waals surface area contributed by atoms with Crippen LogP contribution in [0, 0.1) is 18.3 Å². The molecule has 108 valence electrons. The molecule has 2 atom stereocenters. The molecule has 1 aromatic rings. The van der Waals surface area contributed by atoms with Crippen LogP contribution in [-0.4, -0.2) is 9.78 Å². The van der Waals surface area contributed by atoms with E-state index in [0.717, 1.165) is 24.5 Å². The zero-order valence-corrected chi connectivity index (χ0v) is 13.3. The molecule has 1 fully saturated rings. The molecule has 1 aromatic heterocycles. The van der Waals surface area contributed by atoms with Gasteiger partial charge in [0, 0.05) is 0 Å². The fourth-order valence-corrected chi connectivity index (χ4v) is 3.34. The van der Waals surface area contributed by atoms with Gasteiger partial charge in [-0.3, -0.25) is 0 Å². The van der Waals surface area contributed by atoms with Crippen molar-refractivity contribution in [2.45, 2.75) is 65.8 Å². The fraction of sp³-hybridized carbons (Fsp3) is 0.800. The molecule has 1 aliphatic rings. The number of nitrogen functional groups attached to an aromatic ring is 1. The Hall–Kier alpha value is -0.700. The Bertz CT molecular complexity index is 445. The molecule has 2 unspecified atom stereocenters. The van der Waals surface area contributed by atoms with Crippen LogP contribution < -0.4 is 5.73 Å². The van der Waals surface area contributed by atoms with Gasteiger partial charge < -0.3 is 5.73 Å². The van der Waals surface area contributed by atoms with Crippen molar-refractivity contribution in [3.8, 4) is 0 Å². The van der Waals surface area contributed by atoms with Crippen molar-refractivity contribution in [1.82, 2.24) is 9.78 Å². The SMILES string of the molecule is Cc1nn(C2CCCC(C(C)(C)C)CC2)c(N)c1Cl. The van der Waals surface area contributed by atoms with Gasteiger partial charge in [0.15, 0.2) is 0 Å². The van der Waals surface area contributed by atoms with Crippen LogP contribution in [0.5, 0.6) is 0 Å². The Kier molecular flexibility index (Phi) is 4.14. The van der Waals surface area contributed by atoms with Gasteiger partial charge in [0.25, 0.3) is 0 Å². The van der Waals surface area contributed by atoms with Gasteiger partial charge in [0.2, 0.25) is 0 Å². The number of rotatable bonds is 1. The van der Waals surface area contributed by atoms with Crippen LogP contribution >= 0.6 is 11.6 Å². The number of anilines is 1. The maximum Gasteiger partial charge on any atom is 0.141 e. The smallest absolute Gasteiger partial charge is 0.141 e. The van der Waals surface area contributed by atoms with Gasteiger partial charge >= 0.3 is 0 Å². The molecular weight excluding hydrogens is 258 g/mol. The van der Waals surface area contributed by atoms with Crippen LogP contribution in [0.15, 0.2) is 0 Å². The van der Waals surface area contributed by atoms with E-state index < -0.39 is 0 Å². The van der Waals surface area contributed by atoms with E-state index >= 15 is 0 Å². The maximum absolute atomic E-state index is 6.15. The number of nitrogens with two attached hydrogens (primary N) is 1. The summed E-state index contributed by atoms with van der Waals surface area (Å²) in [4.78, 5) is 0. The summed E-state index contributed by atoms with van der Waals surface area (Å²) in [7, 11) is 0. The summed E-state index contributed by atoms with van der Waals surface area (Å²) in [6, 6.07) is 0.415. The van der Waals surface area contributed by atoms with Crippen LogP contribution in [0.25, 0.3) is 0 Å². The average Bonchev–Trinajstić information content (AvgIpc) is 2.57. The van der Waals surface area contributed by atoms with E-state index in [2.05, 4.69) is 25.9 Å². The summed E-state index contributed by atoms with van der Waals surface area (Å²) < 4.78 is 1.96. The van der Waals surface area contributed by atoms with Crippen LogP contribution in [0.3, 0.4) is 0 Å². The van der Waals surface area contributed by atoms with Crippen LogP contribution in [0.1, 0.15) is 64.6 Å². The highest BCUT2D eigenvalue weighted by Gasteiger charge is 2.29. The third kappa shape index (κ3) is 3.07. The van der Waals surface area contributed by atoms with Crippen molar-refractivity contribution >= 4 is 17.4 Å². The van der Waals surface area contributed by atoms with Gasteiger partial charge in [0.05, 0.1) is 11.7 Å². The lowest BCUT2D eigenvalue weighted by molar-refractivity contribution is 0.212. The number of hydrogen-bond donors (Lipinski definition) is 1. The van der Waals surface area contributed by atoms with Crippen LogP contribution in [0.4, 0.5) is 5.82 Å². The number of halogens is 1. The molecule has 0 aliphatic heterocycles. The Labute approximate surface area is 121 Å². The first-order valence-corrected chi connectivity index (χ1v) is 7.68. The molecule has 0 aromatic carbocycles. The normalized spacial score (nSPS) is 25.3. The van der Waals surface area contributed by atoms with E-state index in [-0.39, 0.29) is 0 Å². The lowest BCUT2D eigenvalue weighted by atomic mass is 9.76. The van der Waals surface area contributed by atoms with E-state index in [9.17, 15) is 0 Å². The molecule has 1 saturated carbocycles. The lowest BCUT2D eigenvalue weighted by Crippen LogP contribution is -2.20.